The van der Waals surface area contributed by atoms with Gasteiger partial charge >= 0.3 is 12.1 Å². The van der Waals surface area contributed by atoms with Gasteiger partial charge in [-0.05, 0) is 24.8 Å². The lowest BCUT2D eigenvalue weighted by Crippen LogP contribution is -2.53. The Bertz CT molecular complexity index is 740. The van der Waals surface area contributed by atoms with Gasteiger partial charge in [0, 0.05) is 32.2 Å². The number of carbonyl (C=O) groups excluding carboxylic acids is 1. The molecule has 1 aromatic rings. The average Bonchev–Trinajstić information content (AvgIpc) is 3.43. The summed E-state index contributed by atoms with van der Waals surface area (Å²) in [7, 11) is 0. The summed E-state index contributed by atoms with van der Waals surface area (Å²) in [6, 6.07) is 10.5. The summed E-state index contributed by atoms with van der Waals surface area (Å²) in [6.45, 7) is 4.93. The molecule has 3 atom stereocenters. The van der Waals surface area contributed by atoms with E-state index in [0.29, 0.717) is 12.5 Å². The highest BCUT2D eigenvalue weighted by Gasteiger charge is 2.45. The Balaban J connectivity index is 0.000000339. The Labute approximate surface area is 178 Å². The predicted octanol–water partition coefficient (Wildman–Crippen LogP) is 2.36. The number of aliphatic carboxylic acids is 1. The van der Waals surface area contributed by atoms with Crippen LogP contribution in [0.5, 0.6) is 0 Å². The highest BCUT2D eigenvalue weighted by molar-refractivity contribution is 5.79. The van der Waals surface area contributed by atoms with Gasteiger partial charge in [0.15, 0.2) is 0 Å². The second-order valence-electron chi connectivity index (χ2n) is 7.89. The molecule has 10 heteroatoms. The summed E-state index contributed by atoms with van der Waals surface area (Å²) < 4.78 is 37.7. The van der Waals surface area contributed by atoms with Gasteiger partial charge in [-0.15, -0.1) is 0 Å². The van der Waals surface area contributed by atoms with Crippen molar-refractivity contribution in [1.82, 2.24) is 9.96 Å². The van der Waals surface area contributed by atoms with Gasteiger partial charge in [-0.25, -0.2) is 9.86 Å². The molecule has 0 radical (unpaired) electrons. The lowest BCUT2D eigenvalue weighted by Gasteiger charge is -2.40. The monoisotopic (exact) mass is 444 g/mol. The number of piperidine rings is 1. The molecule has 7 nitrogen and oxygen atoms in total. The van der Waals surface area contributed by atoms with Crippen LogP contribution in [0.15, 0.2) is 30.3 Å². The maximum atomic E-state index is 12.9. The van der Waals surface area contributed by atoms with E-state index in [4.69, 9.17) is 19.5 Å². The van der Waals surface area contributed by atoms with Gasteiger partial charge in [0.05, 0.1) is 25.2 Å². The largest absolute Gasteiger partial charge is 0.490 e. The number of nitrogens with zero attached hydrogens (tertiary/aromatic N) is 2. The number of hydrogen-bond acceptors (Lipinski definition) is 5. The van der Waals surface area contributed by atoms with Crippen molar-refractivity contribution in [2.45, 2.75) is 31.5 Å². The van der Waals surface area contributed by atoms with E-state index in [9.17, 15) is 18.0 Å². The number of hydroxylamine groups is 2. The Hall–Kier alpha value is -2.17. The van der Waals surface area contributed by atoms with E-state index >= 15 is 0 Å². The summed E-state index contributed by atoms with van der Waals surface area (Å²) in [5, 5.41) is 8.72. The summed E-state index contributed by atoms with van der Waals surface area (Å²) in [5.41, 5.74) is 1.35. The van der Waals surface area contributed by atoms with Gasteiger partial charge in [-0.1, -0.05) is 30.3 Å². The molecule has 0 aromatic heterocycles. The maximum Gasteiger partial charge on any atom is 0.490 e. The summed E-state index contributed by atoms with van der Waals surface area (Å²) in [4.78, 5) is 29.7. The second kappa shape index (κ2) is 10.4. The van der Waals surface area contributed by atoms with Crippen LogP contribution in [-0.4, -0.2) is 78.6 Å². The number of carboxylic acids is 1. The quantitative estimate of drug-likeness (QED) is 0.768. The molecule has 1 amide bonds. The van der Waals surface area contributed by atoms with Crippen molar-refractivity contribution in [1.29, 1.82) is 0 Å². The zero-order valence-corrected chi connectivity index (χ0v) is 17.1. The van der Waals surface area contributed by atoms with Gasteiger partial charge in [0.1, 0.15) is 0 Å². The molecule has 1 aromatic carbocycles. The van der Waals surface area contributed by atoms with E-state index in [-0.39, 0.29) is 17.9 Å². The molecule has 4 rings (SSSR count). The van der Waals surface area contributed by atoms with E-state index in [1.807, 2.05) is 6.07 Å². The van der Waals surface area contributed by atoms with Crippen LogP contribution in [0.2, 0.25) is 0 Å². The molecule has 3 saturated heterocycles. The molecule has 172 valence electrons. The third-order valence-electron chi connectivity index (χ3n) is 5.79. The zero-order chi connectivity index (χ0) is 22.4. The van der Waals surface area contributed by atoms with Crippen LogP contribution in [0.4, 0.5) is 13.2 Å². The van der Waals surface area contributed by atoms with Crippen molar-refractivity contribution in [3.8, 4) is 0 Å². The van der Waals surface area contributed by atoms with Gasteiger partial charge < -0.3 is 9.84 Å². The standard InChI is InChI=1S/C19H26N2O3.C2HF3O2/c22-19(21-9-4-11-24-21)17-13-20(14-18-16(17)8-12-23-18)10-7-15-5-2-1-3-6-15;3-2(4,5)1(6)7/h1-3,5-6,16-18H,4,7-14H2;(H,6,7)/t16-,17-,18+;/m0./s1. The van der Waals surface area contributed by atoms with Crippen molar-refractivity contribution in [2.24, 2.45) is 11.8 Å². The first-order valence-electron chi connectivity index (χ1n) is 10.4. The minimum Gasteiger partial charge on any atom is -0.475 e. The number of fused-ring (bicyclic) bond motifs is 1. The van der Waals surface area contributed by atoms with Gasteiger partial charge in [-0.2, -0.15) is 13.2 Å². The average molecular weight is 444 g/mol. The number of likely N-dealkylation sites (tertiary alicyclic amines) is 1. The van der Waals surface area contributed by atoms with Gasteiger partial charge in [0.25, 0.3) is 5.91 Å². The number of benzene rings is 1. The van der Waals surface area contributed by atoms with Crippen molar-refractivity contribution in [2.75, 3.05) is 39.4 Å². The number of ether oxygens (including phenoxy) is 1. The summed E-state index contributed by atoms with van der Waals surface area (Å²) in [6.07, 6.45) is -1.92. The maximum absolute atomic E-state index is 12.9. The smallest absolute Gasteiger partial charge is 0.475 e. The van der Waals surface area contributed by atoms with Crippen LogP contribution in [0, 0.1) is 11.8 Å². The molecule has 0 bridgehead atoms. The molecule has 3 aliphatic heterocycles. The minimum atomic E-state index is -5.08. The van der Waals surface area contributed by atoms with E-state index in [2.05, 4.69) is 29.2 Å². The second-order valence-corrected chi connectivity index (χ2v) is 7.89. The highest BCUT2D eigenvalue weighted by atomic mass is 19.4. The fourth-order valence-corrected chi connectivity index (χ4v) is 4.24. The summed E-state index contributed by atoms with van der Waals surface area (Å²) in [5.74, 6) is -2.22. The van der Waals surface area contributed by atoms with E-state index in [1.54, 1.807) is 5.06 Å². The molecule has 0 aliphatic carbocycles. The van der Waals surface area contributed by atoms with Gasteiger partial charge in [0.2, 0.25) is 0 Å². The topological polar surface area (TPSA) is 79.3 Å². The van der Waals surface area contributed by atoms with Crippen LogP contribution < -0.4 is 0 Å². The number of amides is 1. The first kappa shape index (κ1) is 23.5. The number of carbonyl (C=O) groups is 2. The first-order chi connectivity index (χ1) is 14.8. The van der Waals surface area contributed by atoms with Crippen molar-refractivity contribution in [3.63, 3.8) is 0 Å². The van der Waals surface area contributed by atoms with Crippen molar-refractivity contribution in [3.05, 3.63) is 35.9 Å². The highest BCUT2D eigenvalue weighted by Crippen LogP contribution is 2.35. The fraction of sp³-hybridized carbons (Fsp3) is 0.619. The third kappa shape index (κ3) is 6.41. The molecule has 0 saturated carbocycles. The molecule has 0 spiro atoms. The molecule has 0 unspecified atom stereocenters. The van der Waals surface area contributed by atoms with Crippen LogP contribution in [0.1, 0.15) is 18.4 Å². The number of carboxylic acid groups (broad SMARTS) is 1. The minimum absolute atomic E-state index is 0.0140. The van der Waals surface area contributed by atoms with Crippen molar-refractivity contribution < 1.29 is 37.4 Å². The van der Waals surface area contributed by atoms with Crippen LogP contribution in [0.25, 0.3) is 0 Å². The van der Waals surface area contributed by atoms with E-state index in [0.717, 1.165) is 52.0 Å². The van der Waals surface area contributed by atoms with Gasteiger partial charge in [-0.3, -0.25) is 14.5 Å². The molecule has 3 heterocycles. The molecular weight excluding hydrogens is 417 g/mol. The Morgan fingerprint density at radius 3 is 2.45 bits per heavy atom. The normalized spacial score (nSPS) is 26.2. The number of alkyl halides is 3. The molecule has 3 fully saturated rings. The SMILES string of the molecule is O=C(O)C(F)(F)F.O=C([C@H]1CN(CCc2ccccc2)C[C@H]2OCC[C@@H]12)N1CCCO1. The fourth-order valence-electron chi connectivity index (χ4n) is 4.24. The number of hydrogen-bond donors (Lipinski definition) is 1. The number of rotatable bonds is 4. The van der Waals surface area contributed by atoms with E-state index in [1.165, 1.54) is 5.56 Å². The first-order valence-corrected chi connectivity index (χ1v) is 10.4. The third-order valence-corrected chi connectivity index (χ3v) is 5.79. The van der Waals surface area contributed by atoms with Crippen LogP contribution in [-0.2, 0) is 25.6 Å². The molecule has 3 aliphatic rings. The zero-order valence-electron chi connectivity index (χ0n) is 17.1. The van der Waals surface area contributed by atoms with Crippen LogP contribution >= 0.6 is 0 Å². The number of halogens is 3. The Morgan fingerprint density at radius 2 is 1.84 bits per heavy atom. The Kier molecular flexibility index (Phi) is 7.90. The molecule has 31 heavy (non-hydrogen) atoms. The molecular formula is C21H27F3N2O5. The Morgan fingerprint density at radius 1 is 1.13 bits per heavy atom. The van der Waals surface area contributed by atoms with Crippen LogP contribution in [0.3, 0.4) is 0 Å². The summed E-state index contributed by atoms with van der Waals surface area (Å²) >= 11 is 0. The predicted molar refractivity (Wildman–Crippen MR) is 104 cm³/mol. The van der Waals surface area contributed by atoms with Crippen molar-refractivity contribution >= 4 is 11.9 Å². The lowest BCUT2D eigenvalue weighted by atomic mass is 9.82. The lowest BCUT2D eigenvalue weighted by molar-refractivity contribution is -0.192. The molecule has 1 N–H and O–H groups in total. The van der Waals surface area contributed by atoms with E-state index < -0.39 is 12.1 Å².